The summed E-state index contributed by atoms with van der Waals surface area (Å²) in [5.41, 5.74) is 0. The van der Waals surface area contributed by atoms with E-state index in [1.807, 2.05) is 0 Å². The van der Waals surface area contributed by atoms with Crippen LogP contribution in [-0.2, 0) is 4.79 Å². The maximum absolute atomic E-state index is 10.2. The van der Waals surface area contributed by atoms with Crippen LogP contribution in [0, 0.1) is 5.92 Å². The van der Waals surface area contributed by atoms with Crippen LogP contribution in [0.25, 0.3) is 0 Å². The van der Waals surface area contributed by atoms with Gasteiger partial charge in [0.25, 0.3) is 0 Å². The SMILES string of the molecule is CC(C(=O)O)C(Cl)CCl. The molecule has 0 aromatic rings. The molecular formula is C5H8Cl2O2. The predicted octanol–water partition coefficient (Wildman–Crippen LogP) is 1.55. The highest BCUT2D eigenvalue weighted by Gasteiger charge is 2.19. The molecule has 2 nitrogen and oxygen atoms in total. The number of hydrogen-bond acceptors (Lipinski definition) is 1. The number of carboxylic acid groups (broad SMARTS) is 1. The summed E-state index contributed by atoms with van der Waals surface area (Å²) in [7, 11) is 0. The second-order valence-corrected chi connectivity index (χ2v) is 2.67. The van der Waals surface area contributed by atoms with E-state index in [-0.39, 0.29) is 5.88 Å². The summed E-state index contributed by atoms with van der Waals surface area (Å²) >= 11 is 10.8. The quantitative estimate of drug-likeness (QED) is 0.654. The first-order valence-electron chi connectivity index (χ1n) is 2.52. The number of alkyl halides is 2. The summed E-state index contributed by atoms with van der Waals surface area (Å²) in [6, 6.07) is 0. The average molecular weight is 171 g/mol. The van der Waals surface area contributed by atoms with E-state index in [0.717, 1.165) is 0 Å². The Hall–Kier alpha value is 0.0500. The van der Waals surface area contributed by atoms with Gasteiger partial charge in [-0.15, -0.1) is 23.2 Å². The van der Waals surface area contributed by atoms with Crippen molar-refractivity contribution in [1.82, 2.24) is 0 Å². The standard InChI is InChI=1S/C5H8Cl2O2/c1-3(5(8)9)4(7)2-6/h3-4H,2H2,1H3,(H,8,9). The zero-order chi connectivity index (χ0) is 7.44. The minimum Gasteiger partial charge on any atom is -0.481 e. The van der Waals surface area contributed by atoms with Gasteiger partial charge in [-0.3, -0.25) is 4.79 Å². The molecule has 0 bridgehead atoms. The Morgan fingerprint density at radius 3 is 2.33 bits per heavy atom. The molecule has 2 atom stereocenters. The molecule has 0 aliphatic rings. The van der Waals surface area contributed by atoms with Crippen LogP contribution in [0.15, 0.2) is 0 Å². The fraction of sp³-hybridized carbons (Fsp3) is 0.800. The van der Waals surface area contributed by atoms with Crippen molar-refractivity contribution in [2.24, 2.45) is 5.92 Å². The summed E-state index contributed by atoms with van der Waals surface area (Å²) in [5, 5.41) is 7.87. The number of aliphatic carboxylic acids is 1. The first-order chi connectivity index (χ1) is 4.09. The Balaban J connectivity index is 3.72. The Bertz CT molecular complexity index is 105. The van der Waals surface area contributed by atoms with E-state index in [4.69, 9.17) is 28.3 Å². The van der Waals surface area contributed by atoms with Crippen LogP contribution in [0.2, 0.25) is 0 Å². The molecule has 0 fully saturated rings. The normalized spacial score (nSPS) is 16.8. The molecule has 0 aliphatic carbocycles. The van der Waals surface area contributed by atoms with Gasteiger partial charge in [-0.25, -0.2) is 0 Å². The fourth-order valence-corrected chi connectivity index (χ4v) is 0.663. The second-order valence-electron chi connectivity index (χ2n) is 1.80. The Kier molecular flexibility index (Phi) is 3.98. The van der Waals surface area contributed by atoms with Gasteiger partial charge in [-0.05, 0) is 0 Å². The molecule has 0 amide bonds. The zero-order valence-electron chi connectivity index (χ0n) is 4.97. The second kappa shape index (κ2) is 3.96. The maximum Gasteiger partial charge on any atom is 0.307 e. The van der Waals surface area contributed by atoms with E-state index >= 15 is 0 Å². The van der Waals surface area contributed by atoms with Crippen LogP contribution >= 0.6 is 23.2 Å². The Morgan fingerprint density at radius 2 is 2.22 bits per heavy atom. The summed E-state index contributed by atoms with van der Waals surface area (Å²) < 4.78 is 0. The number of rotatable bonds is 3. The van der Waals surface area contributed by atoms with Gasteiger partial charge >= 0.3 is 5.97 Å². The van der Waals surface area contributed by atoms with Crippen molar-refractivity contribution in [3.8, 4) is 0 Å². The lowest BCUT2D eigenvalue weighted by Gasteiger charge is -2.08. The van der Waals surface area contributed by atoms with Crippen LogP contribution in [0.1, 0.15) is 6.92 Å². The highest BCUT2D eigenvalue weighted by atomic mass is 35.5. The zero-order valence-corrected chi connectivity index (χ0v) is 6.49. The summed E-state index contributed by atoms with van der Waals surface area (Å²) in [5.74, 6) is -1.30. The Labute approximate surface area is 63.8 Å². The van der Waals surface area contributed by atoms with Crippen molar-refractivity contribution in [3.63, 3.8) is 0 Å². The fourth-order valence-electron chi connectivity index (χ4n) is 0.288. The lowest BCUT2D eigenvalue weighted by Crippen LogP contribution is -2.21. The van der Waals surface area contributed by atoms with Crippen molar-refractivity contribution < 1.29 is 9.90 Å². The summed E-state index contributed by atoms with van der Waals surface area (Å²) in [6.45, 7) is 1.53. The molecule has 0 spiro atoms. The van der Waals surface area contributed by atoms with Crippen LogP contribution in [0.3, 0.4) is 0 Å². The van der Waals surface area contributed by atoms with Gasteiger partial charge in [0.15, 0.2) is 0 Å². The monoisotopic (exact) mass is 170 g/mol. The smallest absolute Gasteiger partial charge is 0.307 e. The summed E-state index contributed by atoms with van der Waals surface area (Å²) in [4.78, 5) is 10.2. The van der Waals surface area contributed by atoms with Gasteiger partial charge in [0.1, 0.15) is 0 Å². The molecule has 0 heterocycles. The molecule has 0 saturated heterocycles. The van der Waals surface area contributed by atoms with Crippen LogP contribution in [-0.4, -0.2) is 22.3 Å². The molecule has 9 heavy (non-hydrogen) atoms. The number of carbonyl (C=O) groups is 1. The van der Waals surface area contributed by atoms with Crippen LogP contribution in [0.5, 0.6) is 0 Å². The van der Waals surface area contributed by atoms with E-state index in [9.17, 15) is 4.79 Å². The molecule has 0 rings (SSSR count). The van der Waals surface area contributed by atoms with Gasteiger partial charge in [-0.2, -0.15) is 0 Å². The molecule has 4 heteroatoms. The van der Waals surface area contributed by atoms with Gasteiger partial charge in [0.2, 0.25) is 0 Å². The van der Waals surface area contributed by atoms with Gasteiger partial charge in [0.05, 0.1) is 11.3 Å². The summed E-state index contributed by atoms with van der Waals surface area (Å²) in [6.07, 6.45) is 0. The molecule has 0 aromatic heterocycles. The molecular weight excluding hydrogens is 163 g/mol. The largest absolute Gasteiger partial charge is 0.481 e. The van der Waals surface area contributed by atoms with E-state index < -0.39 is 17.3 Å². The lowest BCUT2D eigenvalue weighted by atomic mass is 10.1. The topological polar surface area (TPSA) is 37.3 Å². The highest BCUT2D eigenvalue weighted by Crippen LogP contribution is 2.11. The minimum atomic E-state index is -0.907. The Morgan fingerprint density at radius 1 is 1.78 bits per heavy atom. The van der Waals surface area contributed by atoms with Crippen molar-refractivity contribution >= 4 is 29.2 Å². The molecule has 1 N–H and O–H groups in total. The molecule has 54 valence electrons. The van der Waals surface area contributed by atoms with Crippen molar-refractivity contribution in [3.05, 3.63) is 0 Å². The molecule has 0 saturated carbocycles. The van der Waals surface area contributed by atoms with Crippen LogP contribution < -0.4 is 0 Å². The van der Waals surface area contributed by atoms with E-state index in [1.54, 1.807) is 0 Å². The van der Waals surface area contributed by atoms with E-state index in [0.29, 0.717) is 0 Å². The van der Waals surface area contributed by atoms with Crippen molar-refractivity contribution in [1.29, 1.82) is 0 Å². The number of hydrogen-bond donors (Lipinski definition) is 1. The first-order valence-corrected chi connectivity index (χ1v) is 3.49. The molecule has 0 radical (unpaired) electrons. The van der Waals surface area contributed by atoms with Crippen molar-refractivity contribution in [2.75, 3.05) is 5.88 Å². The third-order valence-electron chi connectivity index (χ3n) is 1.08. The number of halogens is 2. The predicted molar refractivity (Wildman–Crippen MR) is 37.2 cm³/mol. The third-order valence-corrected chi connectivity index (χ3v) is 2.10. The maximum atomic E-state index is 10.2. The van der Waals surface area contributed by atoms with Crippen LogP contribution in [0.4, 0.5) is 0 Å². The highest BCUT2D eigenvalue weighted by molar-refractivity contribution is 6.28. The lowest BCUT2D eigenvalue weighted by molar-refractivity contribution is -0.141. The number of carboxylic acids is 1. The van der Waals surface area contributed by atoms with Gasteiger partial charge in [0, 0.05) is 5.88 Å². The molecule has 0 aromatic carbocycles. The third kappa shape index (κ3) is 2.92. The molecule has 0 aliphatic heterocycles. The van der Waals surface area contributed by atoms with E-state index in [2.05, 4.69) is 0 Å². The first kappa shape index (κ1) is 9.05. The van der Waals surface area contributed by atoms with E-state index in [1.165, 1.54) is 6.92 Å². The van der Waals surface area contributed by atoms with Gasteiger partial charge < -0.3 is 5.11 Å². The average Bonchev–Trinajstić information content (AvgIpc) is 1.84. The minimum absolute atomic E-state index is 0.176. The molecule has 2 unspecified atom stereocenters. The van der Waals surface area contributed by atoms with Crippen molar-refractivity contribution in [2.45, 2.75) is 12.3 Å². The van der Waals surface area contributed by atoms with Gasteiger partial charge in [-0.1, -0.05) is 6.92 Å².